The number of carbonyl (C=O) groups excluding carboxylic acids is 1. The number of nitrogens with zero attached hydrogens (tertiary/aromatic N) is 1. The number of hydrogen-bond acceptors (Lipinski definition) is 7. The molecule has 1 saturated heterocycles. The van der Waals surface area contributed by atoms with Crippen LogP contribution in [0.3, 0.4) is 0 Å². The van der Waals surface area contributed by atoms with Gasteiger partial charge in [0.2, 0.25) is 10.0 Å². The van der Waals surface area contributed by atoms with E-state index in [-0.39, 0.29) is 10.5 Å². The van der Waals surface area contributed by atoms with Gasteiger partial charge < -0.3 is 19.2 Å². The largest absolute Gasteiger partial charge is 0.494 e. The summed E-state index contributed by atoms with van der Waals surface area (Å²) in [5.41, 5.74) is -0.256. The molecule has 1 amide bonds. The Hall–Kier alpha value is -3.21. The van der Waals surface area contributed by atoms with Crippen molar-refractivity contribution < 1.29 is 27.1 Å². The third kappa shape index (κ3) is 4.52. The van der Waals surface area contributed by atoms with Gasteiger partial charge in [0.15, 0.2) is 0 Å². The van der Waals surface area contributed by atoms with Crippen LogP contribution in [0.15, 0.2) is 62.6 Å². The minimum Gasteiger partial charge on any atom is -0.494 e. The van der Waals surface area contributed by atoms with Gasteiger partial charge in [0.25, 0.3) is 5.91 Å². The first-order valence-electron chi connectivity index (χ1n) is 10.1. The number of nitrogens with one attached hydrogen (secondary N) is 1. The highest BCUT2D eigenvalue weighted by Crippen LogP contribution is 2.22. The van der Waals surface area contributed by atoms with Crippen molar-refractivity contribution in [3.05, 3.63) is 64.5 Å². The van der Waals surface area contributed by atoms with Crippen LogP contribution in [-0.4, -0.2) is 51.5 Å². The predicted octanol–water partition coefficient (Wildman–Crippen LogP) is 2.46. The van der Waals surface area contributed by atoms with Crippen molar-refractivity contribution in [1.82, 2.24) is 4.31 Å². The topological polar surface area (TPSA) is 115 Å². The van der Waals surface area contributed by atoms with Gasteiger partial charge in [-0.3, -0.25) is 4.79 Å². The van der Waals surface area contributed by atoms with Crippen molar-refractivity contribution in [2.45, 2.75) is 11.8 Å². The number of ether oxygens (including phenoxy) is 2. The predicted molar refractivity (Wildman–Crippen MR) is 118 cm³/mol. The van der Waals surface area contributed by atoms with Gasteiger partial charge in [-0.2, -0.15) is 4.31 Å². The highest BCUT2D eigenvalue weighted by atomic mass is 32.2. The zero-order chi connectivity index (χ0) is 22.7. The van der Waals surface area contributed by atoms with Crippen LogP contribution in [0.4, 0.5) is 5.69 Å². The minimum atomic E-state index is -3.64. The molecule has 1 aromatic heterocycles. The lowest BCUT2D eigenvalue weighted by molar-refractivity contribution is 0.0730. The van der Waals surface area contributed by atoms with E-state index < -0.39 is 21.6 Å². The van der Waals surface area contributed by atoms with Crippen LogP contribution in [-0.2, 0) is 14.8 Å². The fourth-order valence-corrected chi connectivity index (χ4v) is 4.77. The van der Waals surface area contributed by atoms with Crippen LogP contribution in [0.1, 0.15) is 17.3 Å². The number of hydrogen-bond donors (Lipinski definition) is 1. The molecule has 0 radical (unpaired) electrons. The highest BCUT2D eigenvalue weighted by molar-refractivity contribution is 7.89. The van der Waals surface area contributed by atoms with E-state index in [4.69, 9.17) is 13.9 Å². The first-order valence-corrected chi connectivity index (χ1v) is 11.5. The van der Waals surface area contributed by atoms with Crippen molar-refractivity contribution in [3.63, 3.8) is 0 Å². The van der Waals surface area contributed by atoms with E-state index in [1.54, 1.807) is 18.2 Å². The number of sulfonamides is 1. The Balaban J connectivity index is 1.54. The molecule has 0 aliphatic carbocycles. The molecule has 168 valence electrons. The third-order valence-electron chi connectivity index (χ3n) is 4.98. The summed E-state index contributed by atoms with van der Waals surface area (Å²) in [6.07, 6.45) is 0. The first kappa shape index (κ1) is 22.0. The SMILES string of the molecule is CCOc1ccc2oc(=O)c(C(=O)Nc3ccc(S(=O)(=O)N4CCOCC4)cc3)cc2c1. The second kappa shape index (κ2) is 9.11. The lowest BCUT2D eigenvalue weighted by Crippen LogP contribution is -2.40. The average molecular weight is 458 g/mol. The van der Waals surface area contributed by atoms with Crippen LogP contribution in [0.5, 0.6) is 5.75 Å². The second-order valence-electron chi connectivity index (χ2n) is 7.08. The van der Waals surface area contributed by atoms with Gasteiger partial charge in [0, 0.05) is 24.2 Å². The summed E-state index contributed by atoms with van der Waals surface area (Å²) in [5, 5.41) is 3.15. The van der Waals surface area contributed by atoms with Crippen LogP contribution in [0.25, 0.3) is 11.0 Å². The molecule has 32 heavy (non-hydrogen) atoms. The molecule has 1 aliphatic rings. The molecule has 9 nitrogen and oxygen atoms in total. The molecule has 2 aromatic carbocycles. The Morgan fingerprint density at radius 1 is 1.09 bits per heavy atom. The van der Waals surface area contributed by atoms with Gasteiger partial charge in [-0.25, -0.2) is 13.2 Å². The number of amides is 1. The molecule has 0 unspecified atom stereocenters. The molecular formula is C22H22N2O7S. The fourth-order valence-electron chi connectivity index (χ4n) is 3.36. The molecule has 1 fully saturated rings. The summed E-state index contributed by atoms with van der Waals surface area (Å²) in [4.78, 5) is 25.1. The van der Waals surface area contributed by atoms with Crippen molar-refractivity contribution in [3.8, 4) is 5.75 Å². The molecule has 0 bridgehead atoms. The van der Waals surface area contributed by atoms with E-state index >= 15 is 0 Å². The molecule has 3 aromatic rings. The standard InChI is InChI=1S/C22H22N2O7S/c1-2-30-17-5-8-20-15(13-17)14-19(22(26)31-20)21(25)23-16-3-6-18(7-4-16)32(27,28)24-9-11-29-12-10-24/h3-8,13-14H,2,9-12H2,1H3,(H,23,25). The molecule has 4 rings (SSSR count). The van der Waals surface area contributed by atoms with Crippen LogP contribution >= 0.6 is 0 Å². The number of benzene rings is 2. The summed E-state index contributed by atoms with van der Waals surface area (Å²) in [7, 11) is -3.64. The van der Waals surface area contributed by atoms with Crippen LogP contribution < -0.4 is 15.7 Å². The number of morpholine rings is 1. The van der Waals surface area contributed by atoms with Crippen molar-refractivity contribution in [2.75, 3.05) is 38.2 Å². The highest BCUT2D eigenvalue weighted by Gasteiger charge is 2.26. The Labute approximate surface area is 184 Å². The quantitative estimate of drug-likeness (QED) is 0.564. The number of carbonyl (C=O) groups is 1. The van der Waals surface area contributed by atoms with E-state index in [0.29, 0.717) is 55.3 Å². The summed E-state index contributed by atoms with van der Waals surface area (Å²) >= 11 is 0. The van der Waals surface area contributed by atoms with Gasteiger partial charge in [-0.15, -0.1) is 0 Å². The zero-order valence-corrected chi connectivity index (χ0v) is 18.2. The molecule has 0 spiro atoms. The van der Waals surface area contributed by atoms with Gasteiger partial charge in [-0.1, -0.05) is 0 Å². The van der Waals surface area contributed by atoms with E-state index in [2.05, 4.69) is 5.32 Å². The molecule has 10 heteroatoms. The van der Waals surface area contributed by atoms with Gasteiger partial charge >= 0.3 is 5.63 Å². The number of anilines is 1. The zero-order valence-electron chi connectivity index (χ0n) is 17.4. The molecule has 0 atom stereocenters. The summed E-state index contributed by atoms with van der Waals surface area (Å²) in [5.74, 6) is -0.0662. The molecule has 1 aliphatic heterocycles. The maximum absolute atomic E-state index is 12.7. The number of fused-ring (bicyclic) bond motifs is 1. The molecule has 1 N–H and O–H groups in total. The molecular weight excluding hydrogens is 436 g/mol. The van der Waals surface area contributed by atoms with E-state index in [1.807, 2.05) is 6.92 Å². The fraction of sp³-hybridized carbons (Fsp3) is 0.273. The first-order chi connectivity index (χ1) is 15.4. The van der Waals surface area contributed by atoms with Crippen LogP contribution in [0.2, 0.25) is 0 Å². The van der Waals surface area contributed by atoms with Crippen molar-refractivity contribution in [1.29, 1.82) is 0 Å². The summed E-state index contributed by atoms with van der Waals surface area (Å²) in [6.45, 7) is 3.63. The lowest BCUT2D eigenvalue weighted by atomic mass is 10.1. The Bertz CT molecular complexity index is 1290. The van der Waals surface area contributed by atoms with Gasteiger partial charge in [0.1, 0.15) is 16.9 Å². The average Bonchev–Trinajstić information content (AvgIpc) is 2.80. The number of rotatable bonds is 6. The van der Waals surface area contributed by atoms with E-state index in [0.717, 1.165) is 0 Å². The minimum absolute atomic E-state index is 0.117. The van der Waals surface area contributed by atoms with E-state index in [1.165, 1.54) is 34.6 Å². The van der Waals surface area contributed by atoms with Crippen molar-refractivity contribution >= 4 is 32.6 Å². The molecule has 2 heterocycles. The lowest BCUT2D eigenvalue weighted by Gasteiger charge is -2.26. The maximum Gasteiger partial charge on any atom is 0.349 e. The molecule has 0 saturated carbocycles. The van der Waals surface area contributed by atoms with Crippen molar-refractivity contribution in [2.24, 2.45) is 0 Å². The van der Waals surface area contributed by atoms with Crippen LogP contribution in [0, 0.1) is 0 Å². The summed E-state index contributed by atoms with van der Waals surface area (Å²) < 4.78 is 42.7. The second-order valence-corrected chi connectivity index (χ2v) is 9.01. The summed E-state index contributed by atoms with van der Waals surface area (Å²) in [6, 6.07) is 12.2. The van der Waals surface area contributed by atoms with Gasteiger partial charge in [-0.05, 0) is 55.5 Å². The normalized spacial score (nSPS) is 14.9. The monoisotopic (exact) mass is 458 g/mol. The van der Waals surface area contributed by atoms with Gasteiger partial charge in [0.05, 0.1) is 24.7 Å². The smallest absolute Gasteiger partial charge is 0.349 e. The third-order valence-corrected chi connectivity index (χ3v) is 6.89. The van der Waals surface area contributed by atoms with E-state index in [9.17, 15) is 18.0 Å². The maximum atomic E-state index is 12.7. The Kier molecular flexibility index (Phi) is 6.26. The Morgan fingerprint density at radius 2 is 1.81 bits per heavy atom. The Morgan fingerprint density at radius 3 is 2.50 bits per heavy atom.